The number of para-hydroxylation sites is 8. The molecule has 12 rings (SSSR count). The first-order valence-corrected chi connectivity index (χ1v) is 31.3. The highest BCUT2D eigenvalue weighted by Gasteiger charge is 2.49. The summed E-state index contributed by atoms with van der Waals surface area (Å²) in [6, 6.07) is 62.5. The molecule has 0 N–H and O–H groups in total. The zero-order valence-corrected chi connectivity index (χ0v) is 51.1. The average Bonchev–Trinajstić information content (AvgIpc) is 2.45. The summed E-state index contributed by atoms with van der Waals surface area (Å²) in [5.74, 6) is 5.18. The van der Waals surface area contributed by atoms with Gasteiger partial charge in [0.2, 0.25) is 0 Å². The van der Waals surface area contributed by atoms with Crippen LogP contribution in [0.1, 0.15) is 107 Å². The third-order valence-electron chi connectivity index (χ3n) is 16.0. The van der Waals surface area contributed by atoms with E-state index in [4.69, 9.17) is 37.2 Å². The molecule has 4 aliphatic heterocycles. The van der Waals surface area contributed by atoms with E-state index in [9.17, 15) is 0 Å². The topological polar surface area (TPSA) is 73.8 Å². The van der Waals surface area contributed by atoms with Crippen molar-refractivity contribution >= 4 is 13.9 Å². The molecule has 0 aromatic heterocycles. The van der Waals surface area contributed by atoms with Crippen LogP contribution in [0.5, 0.6) is 46.0 Å². The Bertz CT molecular complexity index is 2720. The second-order valence-corrected chi connectivity index (χ2v) is 22.5. The predicted octanol–water partition coefficient (Wildman–Crippen LogP) is 18.3. The zero-order chi connectivity index (χ0) is 58.8. The molecule has 0 saturated carbocycles. The Morgan fingerprint density at radius 2 is 0.321 bits per heavy atom. The highest BCUT2D eigenvalue weighted by molar-refractivity contribution is 6.58. The van der Waals surface area contributed by atoms with Crippen molar-refractivity contribution in [3.8, 4) is 90.5 Å². The van der Waals surface area contributed by atoms with Crippen molar-refractivity contribution in [3.63, 3.8) is 0 Å². The fourth-order valence-electron chi connectivity index (χ4n) is 13.0. The van der Waals surface area contributed by atoms with Crippen LogP contribution in [0.2, 0.25) is 0 Å². The summed E-state index contributed by atoms with van der Waals surface area (Å²) in [5, 5.41) is 0. The average molecular weight is 1130 g/mol. The molecule has 0 unspecified atom stereocenters. The summed E-state index contributed by atoms with van der Waals surface area (Å²) in [4.78, 5) is 0. The Balaban J connectivity index is 0.000000145. The quantitative estimate of drug-likeness (QED) is 0.0700. The predicted molar refractivity (Wildman–Crippen MR) is 346 cm³/mol. The van der Waals surface area contributed by atoms with Crippen LogP contribution < -0.4 is 37.2 Å². The number of quaternary nitrogens is 2. The molecule has 0 fully saturated rings. The minimum Gasteiger partial charge on any atom is -0.611 e. The maximum absolute atomic E-state index is 6.36. The van der Waals surface area contributed by atoms with Gasteiger partial charge < -0.3 is 46.2 Å². The highest BCUT2D eigenvalue weighted by atomic mass is 16.9. The van der Waals surface area contributed by atoms with E-state index >= 15 is 0 Å². The second-order valence-electron chi connectivity index (χ2n) is 22.5. The van der Waals surface area contributed by atoms with E-state index in [1.165, 1.54) is 113 Å². The molecule has 0 aliphatic carbocycles. The molecule has 10 nitrogen and oxygen atoms in total. The minimum absolute atomic E-state index is 0.648. The Morgan fingerprint density at radius 1 is 0.202 bits per heavy atom. The summed E-state index contributed by atoms with van der Waals surface area (Å²) in [6.07, 6.45) is 10.7. The Morgan fingerprint density at radius 3 is 0.440 bits per heavy atom. The van der Waals surface area contributed by atoms with Gasteiger partial charge >= 0.3 is 13.9 Å². The van der Waals surface area contributed by atoms with Gasteiger partial charge in [-0.05, 0) is 99.9 Å². The molecule has 4 heterocycles. The van der Waals surface area contributed by atoms with E-state index in [1.54, 1.807) is 0 Å². The van der Waals surface area contributed by atoms with Crippen molar-refractivity contribution in [3.05, 3.63) is 194 Å². The Hall–Kier alpha value is -7.79. The van der Waals surface area contributed by atoms with Crippen LogP contribution in [-0.2, 0) is 0 Å². The summed E-state index contributed by atoms with van der Waals surface area (Å²) in [7, 11) is 0. The first-order valence-electron chi connectivity index (χ1n) is 31.3. The molecule has 84 heavy (non-hydrogen) atoms. The molecule has 440 valence electrons. The number of nitrogens with zero attached hydrogens (tertiary/aromatic N) is 2. The van der Waals surface area contributed by atoms with Gasteiger partial charge in [-0.2, -0.15) is 0 Å². The number of rotatable bonds is 16. The first kappa shape index (κ1) is 60.8. The third-order valence-corrected chi connectivity index (χ3v) is 16.0. The second kappa shape index (κ2) is 28.7. The lowest BCUT2D eigenvalue weighted by Gasteiger charge is -2.39. The number of hydrogen-bond acceptors (Lipinski definition) is 8. The molecule has 8 aromatic rings. The van der Waals surface area contributed by atoms with Gasteiger partial charge in [-0.25, -0.2) is 0 Å². The molecular weight excluding hydrogens is 1040 g/mol. The van der Waals surface area contributed by atoms with Gasteiger partial charge in [-0.15, -0.1) is 0 Å². The van der Waals surface area contributed by atoms with Gasteiger partial charge in [0.05, 0.1) is 98.4 Å². The van der Waals surface area contributed by atoms with Crippen LogP contribution in [0.25, 0.3) is 44.5 Å². The zero-order valence-electron chi connectivity index (χ0n) is 51.1. The van der Waals surface area contributed by atoms with E-state index in [2.05, 4.69) is 55.4 Å². The highest BCUT2D eigenvalue weighted by Crippen LogP contribution is 2.48. The third kappa shape index (κ3) is 14.1. The van der Waals surface area contributed by atoms with Crippen molar-refractivity contribution in [1.29, 1.82) is 0 Å². The lowest BCUT2D eigenvalue weighted by atomic mass is 10.0. The molecule has 0 atom stereocenters. The SMILES string of the molecule is CCC[N+](CCC)(CCC)CCC.CCC[N+](CCC)(CCC)CCC.c1ccc2c(c1)O[B-]1(Oc3ccccc3-2)Oc2ccccc2-c2ccccc2O1.c1ccc2c(c1)O[B-]1(Oc3ccccc3-2)Oc2ccccc2-c2ccccc2O1. The van der Waals surface area contributed by atoms with E-state index in [0.717, 1.165) is 44.5 Å². The van der Waals surface area contributed by atoms with Crippen molar-refractivity contribution in [2.24, 2.45) is 0 Å². The molecule has 4 aliphatic rings. The van der Waals surface area contributed by atoms with Gasteiger partial charge in [0.25, 0.3) is 0 Å². The molecule has 0 saturated heterocycles. The van der Waals surface area contributed by atoms with Crippen LogP contribution in [-0.4, -0.2) is 75.2 Å². The van der Waals surface area contributed by atoms with Crippen LogP contribution >= 0.6 is 0 Å². The van der Waals surface area contributed by atoms with E-state index < -0.39 is 13.9 Å². The van der Waals surface area contributed by atoms with Crippen LogP contribution in [0, 0.1) is 0 Å². The lowest BCUT2D eigenvalue weighted by Crippen LogP contribution is -2.60. The summed E-state index contributed by atoms with van der Waals surface area (Å²) in [6.45, 7) is 24.3. The largest absolute Gasteiger partial charge is 0.777 e. The summed E-state index contributed by atoms with van der Waals surface area (Å²) >= 11 is 0. The normalized spacial score (nSPS) is 14.0. The van der Waals surface area contributed by atoms with E-state index in [-0.39, 0.29) is 0 Å². The Kier molecular flexibility index (Phi) is 20.7. The first-order chi connectivity index (χ1) is 41.1. The van der Waals surface area contributed by atoms with Gasteiger partial charge in [-0.1, -0.05) is 201 Å². The van der Waals surface area contributed by atoms with E-state index in [1.807, 2.05) is 194 Å². The monoisotopic (exact) mass is 1130 g/mol. The van der Waals surface area contributed by atoms with Crippen molar-refractivity contribution in [2.75, 3.05) is 52.4 Å². The molecule has 0 bridgehead atoms. The van der Waals surface area contributed by atoms with E-state index in [0.29, 0.717) is 46.0 Å². The fourth-order valence-corrected chi connectivity index (χ4v) is 13.0. The molecule has 8 aromatic carbocycles. The minimum atomic E-state index is -2.64. The van der Waals surface area contributed by atoms with Gasteiger partial charge in [0, 0.05) is 44.5 Å². The summed E-state index contributed by atoms with van der Waals surface area (Å²) in [5.41, 5.74) is 7.44. The molecular formula is C72H88B2N2O8. The van der Waals surface area contributed by atoms with Gasteiger partial charge in [0.15, 0.2) is 0 Å². The van der Waals surface area contributed by atoms with Gasteiger partial charge in [0.1, 0.15) is 0 Å². The van der Waals surface area contributed by atoms with Crippen LogP contribution in [0.4, 0.5) is 0 Å². The number of benzene rings is 8. The smallest absolute Gasteiger partial charge is 0.611 e. The molecule has 0 amide bonds. The summed E-state index contributed by atoms with van der Waals surface area (Å²) < 4.78 is 53.6. The van der Waals surface area contributed by atoms with Crippen LogP contribution in [0.3, 0.4) is 0 Å². The lowest BCUT2D eigenvalue weighted by molar-refractivity contribution is -0.928. The maximum atomic E-state index is 6.36. The fraction of sp³-hybridized carbons (Fsp3) is 0.333. The molecule has 12 heteroatoms. The standard InChI is InChI=1S/2C24H16BO4.2C12H28N/c2*1-5-13-21-17(9-1)18-10-2-6-14-22(18)27-25(26-21)28-23-15-7-3-11-19(23)20-12-4-8-16-24(20)29-25;2*1-5-9-13(10-6-2,11-7-3)12-8-4/h2*1-16H;2*5-12H2,1-4H3/q2*-1;2*+1. The number of hydrogen-bond donors (Lipinski definition) is 0. The van der Waals surface area contributed by atoms with Crippen LogP contribution in [0.15, 0.2) is 194 Å². The van der Waals surface area contributed by atoms with Crippen molar-refractivity contribution in [1.82, 2.24) is 0 Å². The Labute approximate surface area is 501 Å². The molecule has 2 spiro atoms. The van der Waals surface area contributed by atoms with Crippen molar-refractivity contribution < 1.29 is 46.2 Å². The van der Waals surface area contributed by atoms with Gasteiger partial charge in [-0.3, -0.25) is 0 Å². The number of fused-ring (bicyclic) bond motifs is 12. The van der Waals surface area contributed by atoms with Crippen molar-refractivity contribution in [2.45, 2.75) is 107 Å². The maximum Gasteiger partial charge on any atom is 0.777 e. The molecule has 0 radical (unpaired) electrons.